The maximum Gasteiger partial charge on any atom is 0.266 e. The molecule has 1 aliphatic rings. The Hall–Kier alpha value is -2.59. The van der Waals surface area contributed by atoms with Crippen LogP contribution in [0, 0.1) is 6.92 Å². The minimum absolute atomic E-state index is 0. The fourth-order valence-electron chi connectivity index (χ4n) is 3.90. The predicted molar refractivity (Wildman–Crippen MR) is 108 cm³/mol. The van der Waals surface area contributed by atoms with Crippen LogP contribution in [0.15, 0.2) is 54.7 Å². The molecule has 3 aromatic rings. The van der Waals surface area contributed by atoms with Crippen molar-refractivity contribution >= 4 is 11.6 Å². The van der Waals surface area contributed by atoms with Crippen LogP contribution in [0.2, 0.25) is 0 Å². The number of hydrogen-bond acceptors (Lipinski definition) is 1. The standard InChI is InChI=1S/C23H25N3O.ClH/c1-3-18-7-4-5-8-20(18)24-22(27)16-25-15-21(26-14-6-9-23(25)26)19-12-10-17(2)11-13-19;/h4-5,7-8,10-13,15H,3,6,9,14,16H2,1-2H3;1H. The minimum atomic E-state index is 0. The summed E-state index contributed by atoms with van der Waals surface area (Å²) in [7, 11) is 0. The van der Waals surface area contributed by atoms with Gasteiger partial charge in [0.25, 0.3) is 11.7 Å². The minimum Gasteiger partial charge on any atom is -1.00 e. The SMILES string of the molecule is CCc1ccccc1NC(=O)C[n+]1cc(-c2ccc(C)cc2)n2c1CCC2.[Cl-]. The van der Waals surface area contributed by atoms with Crippen molar-refractivity contribution in [3.63, 3.8) is 0 Å². The van der Waals surface area contributed by atoms with Crippen LogP contribution in [0.25, 0.3) is 11.3 Å². The molecule has 2 aromatic carbocycles. The number of nitrogens with zero attached hydrogens (tertiary/aromatic N) is 2. The van der Waals surface area contributed by atoms with Gasteiger partial charge in [0.15, 0.2) is 12.2 Å². The second-order valence-corrected chi connectivity index (χ2v) is 7.24. The normalized spacial score (nSPS) is 12.4. The number of anilines is 1. The number of carbonyl (C=O) groups is 1. The lowest BCUT2D eigenvalue weighted by molar-refractivity contribution is -0.690. The Morgan fingerprint density at radius 3 is 2.64 bits per heavy atom. The second kappa shape index (κ2) is 8.61. The van der Waals surface area contributed by atoms with Crippen LogP contribution >= 0.6 is 0 Å². The third kappa shape index (κ3) is 3.97. The number of amides is 1. The summed E-state index contributed by atoms with van der Waals surface area (Å²) >= 11 is 0. The highest BCUT2D eigenvalue weighted by Gasteiger charge is 2.29. The summed E-state index contributed by atoms with van der Waals surface area (Å²) in [6.07, 6.45) is 5.19. The van der Waals surface area contributed by atoms with Crippen LogP contribution in [-0.2, 0) is 30.7 Å². The van der Waals surface area contributed by atoms with Gasteiger partial charge in [0.05, 0.1) is 13.0 Å². The van der Waals surface area contributed by atoms with Gasteiger partial charge in [0.1, 0.15) is 6.20 Å². The first kappa shape index (κ1) is 20.2. The van der Waals surface area contributed by atoms with Crippen molar-refractivity contribution in [3.8, 4) is 11.3 Å². The highest BCUT2D eigenvalue weighted by Crippen LogP contribution is 2.25. The Bertz CT molecular complexity index is 976. The summed E-state index contributed by atoms with van der Waals surface area (Å²) in [6.45, 7) is 5.57. The quantitative estimate of drug-likeness (QED) is 0.640. The van der Waals surface area contributed by atoms with Gasteiger partial charge in [0.2, 0.25) is 0 Å². The Kier molecular flexibility index (Phi) is 6.20. The Balaban J connectivity index is 0.00000225. The van der Waals surface area contributed by atoms with Crippen molar-refractivity contribution in [2.75, 3.05) is 5.32 Å². The molecule has 0 aliphatic carbocycles. The number of rotatable bonds is 5. The van der Waals surface area contributed by atoms with Crippen LogP contribution in [0.3, 0.4) is 0 Å². The van der Waals surface area contributed by atoms with E-state index in [-0.39, 0.29) is 18.3 Å². The highest BCUT2D eigenvalue weighted by molar-refractivity contribution is 5.90. The molecule has 146 valence electrons. The smallest absolute Gasteiger partial charge is 0.266 e. The number of halogens is 1. The largest absolute Gasteiger partial charge is 1.00 e. The Labute approximate surface area is 172 Å². The van der Waals surface area contributed by atoms with E-state index in [1.54, 1.807) is 0 Å². The van der Waals surface area contributed by atoms with Crippen molar-refractivity contribution in [1.82, 2.24) is 4.57 Å². The topological polar surface area (TPSA) is 37.9 Å². The third-order valence-corrected chi connectivity index (χ3v) is 5.33. The zero-order valence-electron chi connectivity index (χ0n) is 16.4. The maximum atomic E-state index is 12.7. The van der Waals surface area contributed by atoms with Crippen molar-refractivity contribution in [2.24, 2.45) is 0 Å². The number of carbonyl (C=O) groups excluding carboxylic acids is 1. The van der Waals surface area contributed by atoms with E-state index < -0.39 is 0 Å². The number of fused-ring (bicyclic) bond motifs is 1. The molecule has 4 nitrogen and oxygen atoms in total. The van der Waals surface area contributed by atoms with Gasteiger partial charge < -0.3 is 17.7 Å². The number of benzene rings is 2. The molecule has 0 bridgehead atoms. The molecule has 0 spiro atoms. The van der Waals surface area contributed by atoms with Gasteiger partial charge >= 0.3 is 0 Å². The van der Waals surface area contributed by atoms with E-state index in [4.69, 9.17) is 0 Å². The molecule has 0 fully saturated rings. The van der Waals surface area contributed by atoms with Gasteiger partial charge in [-0.25, -0.2) is 9.13 Å². The molecule has 28 heavy (non-hydrogen) atoms. The van der Waals surface area contributed by atoms with Crippen LogP contribution in [0.4, 0.5) is 5.69 Å². The molecule has 0 atom stereocenters. The van der Waals surface area contributed by atoms with Gasteiger partial charge in [-0.3, -0.25) is 4.79 Å². The summed E-state index contributed by atoms with van der Waals surface area (Å²) in [5, 5.41) is 3.09. The van der Waals surface area contributed by atoms with Crippen molar-refractivity contribution in [3.05, 3.63) is 71.7 Å². The third-order valence-electron chi connectivity index (χ3n) is 5.33. The molecule has 1 amide bonds. The number of nitrogens with one attached hydrogen (secondary N) is 1. The zero-order valence-corrected chi connectivity index (χ0v) is 17.2. The van der Waals surface area contributed by atoms with Crippen LogP contribution in [0.5, 0.6) is 0 Å². The van der Waals surface area contributed by atoms with Crippen molar-refractivity contribution in [1.29, 1.82) is 0 Å². The summed E-state index contributed by atoms with van der Waals surface area (Å²) in [6, 6.07) is 16.6. The average molecular weight is 396 g/mol. The van der Waals surface area contributed by atoms with Gasteiger partial charge in [-0.15, -0.1) is 0 Å². The van der Waals surface area contributed by atoms with E-state index in [1.165, 1.54) is 28.2 Å². The Morgan fingerprint density at radius 1 is 1.14 bits per heavy atom. The van der Waals surface area contributed by atoms with E-state index >= 15 is 0 Å². The van der Waals surface area contributed by atoms with E-state index in [2.05, 4.69) is 64.8 Å². The molecule has 0 unspecified atom stereocenters. The summed E-state index contributed by atoms with van der Waals surface area (Å²) < 4.78 is 4.48. The maximum absolute atomic E-state index is 12.7. The number of aromatic nitrogens is 2. The molecule has 0 saturated heterocycles. The summed E-state index contributed by atoms with van der Waals surface area (Å²) in [4.78, 5) is 12.7. The molecule has 1 aromatic heterocycles. The van der Waals surface area contributed by atoms with E-state index in [9.17, 15) is 4.79 Å². The van der Waals surface area contributed by atoms with Gasteiger partial charge in [0, 0.05) is 11.3 Å². The van der Waals surface area contributed by atoms with Crippen molar-refractivity contribution in [2.45, 2.75) is 46.2 Å². The first-order valence-electron chi connectivity index (χ1n) is 9.72. The lowest BCUT2D eigenvalue weighted by Gasteiger charge is -2.08. The molecule has 2 heterocycles. The zero-order chi connectivity index (χ0) is 18.8. The fourth-order valence-corrected chi connectivity index (χ4v) is 3.90. The van der Waals surface area contributed by atoms with Gasteiger partial charge in [-0.1, -0.05) is 55.0 Å². The molecule has 0 saturated carbocycles. The second-order valence-electron chi connectivity index (χ2n) is 7.24. The van der Waals surface area contributed by atoms with Gasteiger partial charge in [-0.2, -0.15) is 0 Å². The number of aryl methyl sites for hydroxylation is 2. The highest BCUT2D eigenvalue weighted by atomic mass is 35.5. The Morgan fingerprint density at radius 2 is 1.89 bits per heavy atom. The van der Waals surface area contributed by atoms with Crippen LogP contribution < -0.4 is 22.3 Å². The number of hydrogen-bond donors (Lipinski definition) is 1. The molecule has 1 aliphatic heterocycles. The molecular formula is C23H26ClN3O. The first-order chi connectivity index (χ1) is 13.2. The molecule has 4 rings (SSSR count). The molecule has 0 radical (unpaired) electrons. The predicted octanol–water partition coefficient (Wildman–Crippen LogP) is 0.902. The molecular weight excluding hydrogens is 370 g/mol. The molecule has 5 heteroatoms. The van der Waals surface area contributed by atoms with E-state index in [0.29, 0.717) is 6.54 Å². The lowest BCUT2D eigenvalue weighted by Crippen LogP contribution is -3.00. The lowest BCUT2D eigenvalue weighted by atomic mass is 10.1. The van der Waals surface area contributed by atoms with E-state index in [0.717, 1.165) is 31.5 Å². The van der Waals surface area contributed by atoms with Crippen LogP contribution in [-0.4, -0.2) is 10.5 Å². The molecule has 1 N–H and O–H groups in total. The van der Waals surface area contributed by atoms with Gasteiger partial charge in [-0.05, 0) is 31.4 Å². The summed E-state index contributed by atoms with van der Waals surface area (Å²) in [5.41, 5.74) is 5.75. The van der Waals surface area contributed by atoms with E-state index in [1.807, 2.05) is 18.2 Å². The fraction of sp³-hybridized carbons (Fsp3) is 0.304. The van der Waals surface area contributed by atoms with Crippen LogP contribution in [0.1, 0.15) is 30.3 Å². The average Bonchev–Trinajstić information content (AvgIpc) is 3.27. The summed E-state index contributed by atoms with van der Waals surface area (Å²) in [5.74, 6) is 1.26. The number of imidazole rings is 1. The van der Waals surface area contributed by atoms with Crippen molar-refractivity contribution < 1.29 is 21.8 Å². The monoisotopic (exact) mass is 395 g/mol. The number of para-hydroxylation sites is 1. The first-order valence-corrected chi connectivity index (χ1v) is 9.72.